The molecule has 5 heteroatoms. The van der Waals surface area contributed by atoms with E-state index in [1.165, 1.54) is 6.42 Å². The van der Waals surface area contributed by atoms with Gasteiger partial charge in [-0.3, -0.25) is 9.80 Å². The normalized spacial score (nSPS) is 68.5. The molecule has 4 bridgehead atoms. The maximum Gasteiger partial charge on any atom is 0.131 e. The number of hydrogen-bond acceptors (Lipinski definition) is 5. The summed E-state index contributed by atoms with van der Waals surface area (Å²) in [6.45, 7) is 7.92. The van der Waals surface area contributed by atoms with Crippen LogP contribution in [0.2, 0.25) is 0 Å². The molecule has 10 atom stereocenters. The lowest BCUT2D eigenvalue weighted by atomic mass is 9.57. The predicted octanol–water partition coefficient (Wildman–Crippen LogP) is 0.461. The molecule has 9 fully saturated rings. The Morgan fingerprint density at radius 3 is 1.54 bits per heavy atom. The van der Waals surface area contributed by atoms with Crippen molar-refractivity contribution in [3.05, 3.63) is 0 Å². The van der Waals surface area contributed by atoms with Crippen molar-refractivity contribution >= 4 is 0 Å². The Bertz CT molecular complexity index is 576. The highest BCUT2D eigenvalue weighted by atomic mass is 16.6. The Balaban J connectivity index is 1.31. The van der Waals surface area contributed by atoms with E-state index in [0.29, 0.717) is 0 Å². The summed E-state index contributed by atoms with van der Waals surface area (Å²) in [7, 11) is 0. The van der Waals surface area contributed by atoms with Crippen LogP contribution in [0.15, 0.2) is 0 Å². The van der Waals surface area contributed by atoms with Crippen LogP contribution in [0, 0.1) is 47.3 Å². The van der Waals surface area contributed by atoms with Crippen molar-refractivity contribution in [1.82, 2.24) is 9.80 Å². The lowest BCUT2D eigenvalue weighted by Gasteiger charge is -2.52. The van der Waals surface area contributed by atoms with Crippen molar-refractivity contribution in [3.63, 3.8) is 0 Å². The second-order valence-corrected chi connectivity index (χ2v) is 9.63. The standard InChI is InChI=1S/C19H26N2O3/c1-5-22-6-2-20(1)18-14-10-9-11-13-12(10)16(18)17(13)19(24-18,15(11)14)21-3-7-23-8-4-21/h10-17H,1-9H2/t10-,11+,12-,13+,14-,15+,16-,17-,18-,19-/m1/s1. The van der Waals surface area contributed by atoms with Gasteiger partial charge in [0, 0.05) is 49.9 Å². The summed E-state index contributed by atoms with van der Waals surface area (Å²) in [4.78, 5) is 5.50. The molecule has 0 aromatic rings. The van der Waals surface area contributed by atoms with Gasteiger partial charge in [0.2, 0.25) is 0 Å². The first-order valence-corrected chi connectivity index (χ1v) is 10.2. The molecule has 0 amide bonds. The minimum absolute atomic E-state index is 0.0918. The monoisotopic (exact) mass is 330 g/mol. The second kappa shape index (κ2) is 3.74. The fourth-order valence-corrected chi connectivity index (χ4v) is 9.82. The van der Waals surface area contributed by atoms with Gasteiger partial charge in [0.25, 0.3) is 0 Å². The molecule has 9 rings (SSSR count). The van der Waals surface area contributed by atoms with Crippen LogP contribution in [0.1, 0.15) is 6.42 Å². The van der Waals surface area contributed by atoms with Crippen LogP contribution in [-0.4, -0.2) is 73.9 Å². The Morgan fingerprint density at radius 1 is 0.625 bits per heavy atom. The summed E-state index contributed by atoms with van der Waals surface area (Å²) < 4.78 is 18.7. The number of rotatable bonds is 2. The van der Waals surface area contributed by atoms with Crippen molar-refractivity contribution in [2.24, 2.45) is 47.3 Å². The maximum absolute atomic E-state index is 7.36. The molecular formula is C19H26N2O3. The third-order valence-electron chi connectivity index (χ3n) is 9.75. The highest BCUT2D eigenvalue weighted by molar-refractivity contribution is 5.42. The van der Waals surface area contributed by atoms with E-state index in [-0.39, 0.29) is 11.4 Å². The van der Waals surface area contributed by atoms with Gasteiger partial charge < -0.3 is 14.2 Å². The van der Waals surface area contributed by atoms with E-state index in [9.17, 15) is 0 Å². The van der Waals surface area contributed by atoms with Crippen LogP contribution in [-0.2, 0) is 14.2 Å². The van der Waals surface area contributed by atoms with Crippen LogP contribution in [0.5, 0.6) is 0 Å². The maximum atomic E-state index is 7.36. The fraction of sp³-hybridized carbons (Fsp3) is 1.00. The van der Waals surface area contributed by atoms with Crippen molar-refractivity contribution in [2.75, 3.05) is 52.6 Å². The average molecular weight is 330 g/mol. The first-order valence-electron chi connectivity index (χ1n) is 10.2. The van der Waals surface area contributed by atoms with Crippen LogP contribution < -0.4 is 0 Å². The quantitative estimate of drug-likeness (QED) is 0.735. The van der Waals surface area contributed by atoms with Gasteiger partial charge in [-0.15, -0.1) is 0 Å². The van der Waals surface area contributed by atoms with Gasteiger partial charge in [0.15, 0.2) is 0 Å². The lowest BCUT2D eigenvalue weighted by Crippen LogP contribution is -2.63. The third-order valence-corrected chi connectivity index (χ3v) is 9.75. The Morgan fingerprint density at radius 2 is 1.08 bits per heavy atom. The molecule has 24 heavy (non-hydrogen) atoms. The Hall–Kier alpha value is -0.200. The third kappa shape index (κ3) is 0.986. The van der Waals surface area contributed by atoms with Crippen molar-refractivity contribution in [3.8, 4) is 0 Å². The minimum atomic E-state index is 0.0918. The molecular weight excluding hydrogens is 304 g/mol. The highest BCUT2D eigenvalue weighted by Crippen LogP contribution is 2.93. The van der Waals surface area contributed by atoms with Gasteiger partial charge in [0.1, 0.15) is 11.4 Å². The van der Waals surface area contributed by atoms with E-state index >= 15 is 0 Å². The van der Waals surface area contributed by atoms with E-state index in [0.717, 1.165) is 99.9 Å². The van der Waals surface area contributed by atoms with Gasteiger partial charge in [-0.2, -0.15) is 0 Å². The summed E-state index contributed by atoms with van der Waals surface area (Å²) in [6, 6.07) is 0. The molecule has 0 spiro atoms. The molecule has 0 aromatic carbocycles. The molecule has 0 radical (unpaired) electrons. The van der Waals surface area contributed by atoms with E-state index in [1.54, 1.807) is 0 Å². The molecule has 0 unspecified atom stereocenters. The molecule has 4 saturated heterocycles. The van der Waals surface area contributed by atoms with Crippen molar-refractivity contribution in [2.45, 2.75) is 17.9 Å². The lowest BCUT2D eigenvalue weighted by molar-refractivity contribution is -0.226. The first-order chi connectivity index (χ1) is 11.9. The number of morpholine rings is 2. The summed E-state index contributed by atoms with van der Waals surface area (Å²) >= 11 is 0. The van der Waals surface area contributed by atoms with E-state index in [1.807, 2.05) is 0 Å². The zero-order valence-corrected chi connectivity index (χ0v) is 14.1. The predicted molar refractivity (Wildman–Crippen MR) is 83.9 cm³/mol. The van der Waals surface area contributed by atoms with E-state index < -0.39 is 0 Å². The topological polar surface area (TPSA) is 34.2 Å². The molecule has 4 aliphatic heterocycles. The summed E-state index contributed by atoms with van der Waals surface area (Å²) in [6.07, 6.45) is 1.53. The van der Waals surface area contributed by atoms with Gasteiger partial charge >= 0.3 is 0 Å². The van der Waals surface area contributed by atoms with Gasteiger partial charge in [-0.25, -0.2) is 0 Å². The van der Waals surface area contributed by atoms with Crippen molar-refractivity contribution in [1.29, 1.82) is 0 Å². The van der Waals surface area contributed by atoms with Gasteiger partial charge in [-0.1, -0.05) is 0 Å². The summed E-state index contributed by atoms with van der Waals surface area (Å²) in [5, 5.41) is 0. The summed E-state index contributed by atoms with van der Waals surface area (Å²) in [5.41, 5.74) is 0.184. The largest absolute Gasteiger partial charge is 0.379 e. The van der Waals surface area contributed by atoms with Crippen molar-refractivity contribution < 1.29 is 14.2 Å². The average Bonchev–Trinajstić information content (AvgIpc) is 3.28. The zero-order valence-electron chi connectivity index (χ0n) is 14.1. The Labute approximate surface area is 142 Å². The minimum Gasteiger partial charge on any atom is -0.379 e. The molecule has 130 valence electrons. The molecule has 0 aromatic heterocycles. The first kappa shape index (κ1) is 13.0. The van der Waals surface area contributed by atoms with Gasteiger partial charge in [0.05, 0.1) is 26.4 Å². The molecule has 0 N–H and O–H groups in total. The molecule has 9 aliphatic rings. The smallest absolute Gasteiger partial charge is 0.131 e. The molecule has 5 aliphatic carbocycles. The fourth-order valence-electron chi connectivity index (χ4n) is 9.82. The number of hydrogen-bond donors (Lipinski definition) is 0. The Kier molecular flexibility index (Phi) is 2.03. The number of nitrogens with zero attached hydrogens (tertiary/aromatic N) is 2. The molecule has 5 saturated carbocycles. The second-order valence-electron chi connectivity index (χ2n) is 9.63. The van der Waals surface area contributed by atoms with E-state index in [2.05, 4.69) is 9.80 Å². The number of ether oxygens (including phenoxy) is 3. The zero-order chi connectivity index (χ0) is 15.3. The van der Waals surface area contributed by atoms with Crippen LogP contribution in [0.3, 0.4) is 0 Å². The summed E-state index contributed by atoms with van der Waals surface area (Å²) in [5.74, 6) is 7.31. The van der Waals surface area contributed by atoms with Crippen LogP contribution in [0.25, 0.3) is 0 Å². The van der Waals surface area contributed by atoms with E-state index in [4.69, 9.17) is 14.2 Å². The van der Waals surface area contributed by atoms with Crippen LogP contribution >= 0.6 is 0 Å². The van der Waals surface area contributed by atoms with Gasteiger partial charge in [-0.05, 0) is 30.1 Å². The SMILES string of the molecule is C1CN([C@]23O[C@@]4(N5CCOCC5)[C@@H]5[C@H]6[C@@H]7C[C@H]([C@H]6[C@H]52)[C@@H]3[C@H]74)CCO1. The molecule has 5 nitrogen and oxygen atoms in total. The van der Waals surface area contributed by atoms with Crippen LogP contribution in [0.4, 0.5) is 0 Å². The molecule has 4 heterocycles. The highest BCUT2D eigenvalue weighted by Gasteiger charge is 2.98.